The molecule has 1 unspecified atom stereocenters. The van der Waals surface area contributed by atoms with Gasteiger partial charge in [0.1, 0.15) is 5.82 Å². The Morgan fingerprint density at radius 2 is 1.78 bits per heavy atom. The van der Waals surface area contributed by atoms with Crippen LogP contribution in [0.3, 0.4) is 0 Å². The van der Waals surface area contributed by atoms with E-state index < -0.39 is 0 Å². The van der Waals surface area contributed by atoms with Crippen molar-refractivity contribution in [3.05, 3.63) is 84.8 Å². The minimum absolute atomic E-state index is 0.102. The van der Waals surface area contributed by atoms with Crippen molar-refractivity contribution in [1.82, 2.24) is 15.3 Å². The molecule has 27 heavy (non-hydrogen) atoms. The molecule has 1 atom stereocenters. The van der Waals surface area contributed by atoms with Crippen LogP contribution in [0.5, 0.6) is 0 Å². The number of aromatic nitrogens is 2. The van der Waals surface area contributed by atoms with Crippen molar-refractivity contribution in [2.75, 3.05) is 23.3 Å². The number of hydrogen-bond acceptors (Lipinski definition) is 5. The molecule has 1 aromatic heterocycles. The van der Waals surface area contributed by atoms with E-state index in [9.17, 15) is 0 Å². The summed E-state index contributed by atoms with van der Waals surface area (Å²) >= 11 is 0. The summed E-state index contributed by atoms with van der Waals surface area (Å²) in [4.78, 5) is 11.1. The van der Waals surface area contributed by atoms with Gasteiger partial charge in [-0.2, -0.15) is 4.98 Å². The van der Waals surface area contributed by atoms with Crippen LogP contribution < -0.4 is 15.5 Å². The van der Waals surface area contributed by atoms with Gasteiger partial charge in [0.05, 0.1) is 11.9 Å². The maximum atomic E-state index is 4.64. The van der Waals surface area contributed by atoms with E-state index in [0.717, 1.165) is 24.7 Å². The maximum absolute atomic E-state index is 4.64. The second-order valence-corrected chi connectivity index (χ2v) is 6.62. The normalized spacial score (nSPS) is 14.7. The number of benzene rings is 2. The van der Waals surface area contributed by atoms with Crippen molar-refractivity contribution >= 4 is 11.8 Å². The molecule has 1 saturated heterocycles. The van der Waals surface area contributed by atoms with Crippen molar-refractivity contribution in [3.63, 3.8) is 0 Å². The predicted molar refractivity (Wildman–Crippen MR) is 110 cm³/mol. The zero-order valence-corrected chi connectivity index (χ0v) is 15.4. The molecule has 2 aromatic carbocycles. The van der Waals surface area contributed by atoms with E-state index in [1.165, 1.54) is 16.7 Å². The monoisotopic (exact) mass is 357 g/mol. The zero-order valence-electron chi connectivity index (χ0n) is 15.4. The molecule has 0 amide bonds. The average molecular weight is 357 g/mol. The van der Waals surface area contributed by atoms with Gasteiger partial charge in [-0.15, -0.1) is 0 Å². The fraction of sp³-hybridized carbons (Fsp3) is 0.182. The first kappa shape index (κ1) is 17.1. The van der Waals surface area contributed by atoms with Crippen molar-refractivity contribution in [2.24, 2.45) is 0 Å². The van der Waals surface area contributed by atoms with Gasteiger partial charge in [-0.3, -0.25) is 0 Å². The SMILES string of the molecule is C=C1NCCN1c1ccnc(NC(C)c2ccc(-c3ccccc3)cc2)n1. The minimum atomic E-state index is 0.102. The standard InChI is InChI=1S/C22H23N5/c1-16(18-8-10-20(11-9-18)19-6-4-3-5-7-19)25-22-24-13-12-21(26-22)27-15-14-23-17(27)2/h3-13,16,23H,2,14-15H2,1H3,(H,24,25,26). The Labute approximate surface area is 159 Å². The fourth-order valence-electron chi connectivity index (χ4n) is 3.24. The summed E-state index contributed by atoms with van der Waals surface area (Å²) in [7, 11) is 0. The van der Waals surface area contributed by atoms with Crippen LogP contribution in [-0.2, 0) is 0 Å². The summed E-state index contributed by atoms with van der Waals surface area (Å²) in [6.07, 6.45) is 1.78. The highest BCUT2D eigenvalue weighted by Gasteiger charge is 2.18. The topological polar surface area (TPSA) is 53.1 Å². The third-order valence-electron chi connectivity index (χ3n) is 4.77. The van der Waals surface area contributed by atoms with Gasteiger partial charge in [0, 0.05) is 19.3 Å². The van der Waals surface area contributed by atoms with Crippen molar-refractivity contribution < 1.29 is 0 Å². The zero-order chi connectivity index (χ0) is 18.6. The lowest BCUT2D eigenvalue weighted by molar-refractivity contribution is 0.857. The van der Waals surface area contributed by atoms with Crippen LogP contribution in [-0.4, -0.2) is 23.1 Å². The van der Waals surface area contributed by atoms with Crippen LogP contribution >= 0.6 is 0 Å². The van der Waals surface area contributed by atoms with Crippen molar-refractivity contribution in [3.8, 4) is 11.1 Å². The van der Waals surface area contributed by atoms with Crippen LogP contribution in [0.4, 0.5) is 11.8 Å². The van der Waals surface area contributed by atoms with E-state index in [0.29, 0.717) is 5.95 Å². The number of rotatable bonds is 5. The highest BCUT2D eigenvalue weighted by atomic mass is 15.3. The molecule has 136 valence electrons. The summed E-state index contributed by atoms with van der Waals surface area (Å²) < 4.78 is 0. The Kier molecular flexibility index (Phi) is 4.75. The molecule has 0 aliphatic carbocycles. The molecule has 2 N–H and O–H groups in total. The molecular weight excluding hydrogens is 334 g/mol. The first-order valence-electron chi connectivity index (χ1n) is 9.16. The Bertz CT molecular complexity index is 921. The van der Waals surface area contributed by atoms with Crippen LogP contribution in [0.1, 0.15) is 18.5 Å². The Hall–Kier alpha value is -3.34. The molecule has 1 aliphatic heterocycles. The number of hydrogen-bond donors (Lipinski definition) is 2. The summed E-state index contributed by atoms with van der Waals surface area (Å²) in [6.45, 7) is 7.88. The molecule has 0 radical (unpaired) electrons. The van der Waals surface area contributed by atoms with Gasteiger partial charge in [-0.05, 0) is 29.7 Å². The molecule has 1 aliphatic rings. The van der Waals surface area contributed by atoms with Crippen molar-refractivity contribution in [2.45, 2.75) is 13.0 Å². The third kappa shape index (κ3) is 3.77. The lowest BCUT2D eigenvalue weighted by atomic mass is 10.0. The van der Waals surface area contributed by atoms with Crippen LogP contribution in [0.15, 0.2) is 79.3 Å². The quantitative estimate of drug-likeness (QED) is 0.717. The molecule has 4 rings (SSSR count). The first-order chi connectivity index (χ1) is 13.2. The first-order valence-corrected chi connectivity index (χ1v) is 9.16. The van der Waals surface area contributed by atoms with E-state index >= 15 is 0 Å². The van der Waals surface area contributed by atoms with Gasteiger partial charge in [-0.25, -0.2) is 4.98 Å². The van der Waals surface area contributed by atoms with Gasteiger partial charge in [-0.1, -0.05) is 61.2 Å². The van der Waals surface area contributed by atoms with Gasteiger partial charge in [0.15, 0.2) is 0 Å². The van der Waals surface area contributed by atoms with Crippen LogP contribution in [0.2, 0.25) is 0 Å². The molecule has 3 aromatic rings. The molecule has 2 heterocycles. The molecule has 1 fully saturated rings. The van der Waals surface area contributed by atoms with Crippen LogP contribution in [0, 0.1) is 0 Å². The largest absolute Gasteiger partial charge is 0.370 e. The van der Waals surface area contributed by atoms with Crippen molar-refractivity contribution in [1.29, 1.82) is 0 Å². The second kappa shape index (κ2) is 7.50. The van der Waals surface area contributed by atoms with E-state index in [4.69, 9.17) is 0 Å². The summed E-state index contributed by atoms with van der Waals surface area (Å²) in [6, 6.07) is 21.0. The van der Waals surface area contributed by atoms with E-state index in [-0.39, 0.29) is 6.04 Å². The fourth-order valence-corrected chi connectivity index (χ4v) is 3.24. The molecule has 0 saturated carbocycles. The molecule has 0 spiro atoms. The second-order valence-electron chi connectivity index (χ2n) is 6.62. The van der Waals surface area contributed by atoms with Gasteiger partial charge < -0.3 is 15.5 Å². The number of anilines is 2. The maximum Gasteiger partial charge on any atom is 0.225 e. The molecule has 5 heteroatoms. The Morgan fingerprint density at radius 3 is 2.48 bits per heavy atom. The third-order valence-corrected chi connectivity index (χ3v) is 4.77. The lowest BCUT2D eigenvalue weighted by Crippen LogP contribution is -2.20. The number of nitrogens with zero attached hydrogens (tertiary/aromatic N) is 3. The summed E-state index contributed by atoms with van der Waals surface area (Å²) in [5.41, 5.74) is 3.63. The Balaban J connectivity index is 1.47. The van der Waals surface area contributed by atoms with E-state index in [1.54, 1.807) is 6.20 Å². The Morgan fingerprint density at radius 1 is 1.04 bits per heavy atom. The number of nitrogens with one attached hydrogen (secondary N) is 2. The molecular formula is C22H23N5. The van der Waals surface area contributed by atoms with Gasteiger partial charge in [0.25, 0.3) is 0 Å². The molecule has 0 bridgehead atoms. The predicted octanol–water partition coefficient (Wildman–Crippen LogP) is 4.20. The molecule has 5 nitrogen and oxygen atoms in total. The van der Waals surface area contributed by atoms with Gasteiger partial charge in [0.2, 0.25) is 5.95 Å². The summed E-state index contributed by atoms with van der Waals surface area (Å²) in [5.74, 6) is 2.35. The van der Waals surface area contributed by atoms with E-state index in [2.05, 4.69) is 87.5 Å². The van der Waals surface area contributed by atoms with E-state index in [1.807, 2.05) is 12.1 Å². The van der Waals surface area contributed by atoms with Gasteiger partial charge >= 0.3 is 0 Å². The highest BCUT2D eigenvalue weighted by Crippen LogP contribution is 2.24. The summed E-state index contributed by atoms with van der Waals surface area (Å²) in [5, 5.41) is 6.62. The highest BCUT2D eigenvalue weighted by molar-refractivity contribution is 5.63. The minimum Gasteiger partial charge on any atom is -0.370 e. The lowest BCUT2D eigenvalue weighted by Gasteiger charge is -2.19. The average Bonchev–Trinajstić information content (AvgIpc) is 3.15. The smallest absolute Gasteiger partial charge is 0.225 e. The van der Waals surface area contributed by atoms with Crippen LogP contribution in [0.25, 0.3) is 11.1 Å².